The minimum absolute atomic E-state index is 0.0160. The fraction of sp³-hybridized carbons (Fsp3) is 0.381. The Morgan fingerprint density at radius 2 is 1.79 bits per heavy atom. The number of fused-ring (bicyclic) bond motifs is 1. The topological polar surface area (TPSA) is 69.7 Å². The molecule has 2 aliphatic heterocycles. The Bertz CT molecular complexity index is 984. The third-order valence-corrected chi connectivity index (χ3v) is 7.34. The summed E-state index contributed by atoms with van der Waals surface area (Å²) in [6.07, 6.45) is 2.66. The number of carbonyl (C=O) groups excluding carboxylic acids is 1. The minimum atomic E-state index is -3.47. The fourth-order valence-corrected chi connectivity index (χ4v) is 5.50. The normalized spacial score (nSPS) is 18.1. The Morgan fingerprint density at radius 3 is 2.57 bits per heavy atom. The van der Waals surface area contributed by atoms with Crippen molar-refractivity contribution in [2.75, 3.05) is 29.9 Å². The molecule has 7 heteroatoms. The van der Waals surface area contributed by atoms with Crippen LogP contribution >= 0.6 is 0 Å². The van der Waals surface area contributed by atoms with Gasteiger partial charge in [0.05, 0.1) is 4.90 Å². The van der Waals surface area contributed by atoms with Crippen molar-refractivity contribution < 1.29 is 13.2 Å². The summed E-state index contributed by atoms with van der Waals surface area (Å²) in [5, 5.41) is 3.18. The zero-order chi connectivity index (χ0) is 19.7. The summed E-state index contributed by atoms with van der Waals surface area (Å²) in [5.41, 5.74) is 2.78. The van der Waals surface area contributed by atoms with E-state index < -0.39 is 16.1 Å². The Morgan fingerprint density at radius 1 is 1.04 bits per heavy atom. The summed E-state index contributed by atoms with van der Waals surface area (Å²) in [6, 6.07) is 14.2. The summed E-state index contributed by atoms with van der Waals surface area (Å²) >= 11 is 0. The van der Waals surface area contributed by atoms with E-state index in [2.05, 4.69) is 5.32 Å². The van der Waals surface area contributed by atoms with E-state index in [1.165, 1.54) is 9.87 Å². The van der Waals surface area contributed by atoms with Crippen molar-refractivity contribution in [1.82, 2.24) is 4.31 Å². The molecule has 2 aliphatic rings. The largest absolute Gasteiger partial charge is 0.374 e. The summed E-state index contributed by atoms with van der Waals surface area (Å²) < 4.78 is 27.1. The van der Waals surface area contributed by atoms with Crippen LogP contribution in [-0.2, 0) is 21.2 Å². The lowest BCUT2D eigenvalue weighted by molar-refractivity contribution is -0.118. The third-order valence-electron chi connectivity index (χ3n) is 5.44. The van der Waals surface area contributed by atoms with Crippen LogP contribution in [0.3, 0.4) is 0 Å². The lowest BCUT2D eigenvalue weighted by atomic mass is 10.2. The lowest BCUT2D eigenvalue weighted by Crippen LogP contribution is -2.40. The van der Waals surface area contributed by atoms with Gasteiger partial charge in [-0.1, -0.05) is 24.3 Å². The number of nitrogens with zero attached hydrogens (tertiary/aromatic N) is 2. The van der Waals surface area contributed by atoms with Gasteiger partial charge in [0.2, 0.25) is 15.9 Å². The van der Waals surface area contributed by atoms with Crippen molar-refractivity contribution in [1.29, 1.82) is 0 Å². The van der Waals surface area contributed by atoms with E-state index in [0.717, 1.165) is 24.9 Å². The highest BCUT2D eigenvalue weighted by Crippen LogP contribution is 2.28. The van der Waals surface area contributed by atoms with Crippen LogP contribution in [0, 0.1) is 0 Å². The monoisotopic (exact) mass is 399 g/mol. The molecule has 0 bridgehead atoms. The molecule has 1 amide bonds. The van der Waals surface area contributed by atoms with E-state index in [1.807, 2.05) is 31.2 Å². The number of hydrogen-bond acceptors (Lipinski definition) is 4. The molecule has 0 aromatic heterocycles. The van der Waals surface area contributed by atoms with Gasteiger partial charge in [-0.25, -0.2) is 8.42 Å². The van der Waals surface area contributed by atoms with E-state index in [0.29, 0.717) is 25.3 Å². The van der Waals surface area contributed by atoms with Crippen molar-refractivity contribution in [3.63, 3.8) is 0 Å². The molecule has 2 aromatic rings. The Labute approximate surface area is 166 Å². The number of rotatable bonds is 5. The number of nitrogens with one attached hydrogen (secondary N) is 1. The first kappa shape index (κ1) is 19.0. The Hall–Kier alpha value is -2.38. The van der Waals surface area contributed by atoms with E-state index >= 15 is 0 Å². The molecule has 6 nitrogen and oxygen atoms in total. The van der Waals surface area contributed by atoms with Crippen molar-refractivity contribution >= 4 is 27.3 Å². The molecule has 4 rings (SSSR count). The number of amides is 1. The van der Waals surface area contributed by atoms with Gasteiger partial charge in [-0.3, -0.25) is 4.79 Å². The van der Waals surface area contributed by atoms with Crippen LogP contribution in [0.4, 0.5) is 11.4 Å². The fourth-order valence-electron chi connectivity index (χ4n) is 3.94. The van der Waals surface area contributed by atoms with Crippen molar-refractivity contribution in [2.45, 2.75) is 37.1 Å². The maximum Gasteiger partial charge on any atom is 0.249 e. The molecule has 1 fully saturated rings. The average molecular weight is 400 g/mol. The van der Waals surface area contributed by atoms with Crippen molar-refractivity contribution in [3.8, 4) is 0 Å². The molecule has 0 aliphatic carbocycles. The molecular formula is C21H25N3O3S. The average Bonchev–Trinajstić information content (AvgIpc) is 3.38. The summed E-state index contributed by atoms with van der Waals surface area (Å²) in [4.78, 5) is 15.0. The van der Waals surface area contributed by atoms with Gasteiger partial charge in [0.25, 0.3) is 0 Å². The smallest absolute Gasteiger partial charge is 0.249 e. The zero-order valence-electron chi connectivity index (χ0n) is 16.0. The first-order chi connectivity index (χ1) is 13.5. The Kier molecular flexibility index (Phi) is 5.12. The van der Waals surface area contributed by atoms with Crippen LogP contribution in [-0.4, -0.2) is 44.3 Å². The van der Waals surface area contributed by atoms with Gasteiger partial charge >= 0.3 is 0 Å². The number of anilines is 2. The second kappa shape index (κ2) is 7.56. The molecule has 0 spiro atoms. The predicted octanol–water partition coefficient (Wildman–Crippen LogP) is 2.86. The van der Waals surface area contributed by atoms with Crippen molar-refractivity contribution in [3.05, 3.63) is 54.1 Å². The van der Waals surface area contributed by atoms with Crippen LogP contribution in [0.5, 0.6) is 0 Å². The van der Waals surface area contributed by atoms with Crippen LogP contribution < -0.4 is 10.2 Å². The molecule has 0 unspecified atom stereocenters. The van der Waals surface area contributed by atoms with Gasteiger partial charge in [-0.05, 0) is 56.0 Å². The highest BCUT2D eigenvalue weighted by atomic mass is 32.2. The molecule has 1 N–H and O–H groups in total. The maximum absolute atomic E-state index is 12.9. The Balaban J connectivity index is 1.49. The number of sulfonamides is 1. The first-order valence-corrected chi connectivity index (χ1v) is 11.2. The molecule has 0 saturated carbocycles. The van der Waals surface area contributed by atoms with Gasteiger partial charge in [-0.15, -0.1) is 0 Å². The first-order valence-electron chi connectivity index (χ1n) is 9.73. The molecule has 1 atom stereocenters. The highest BCUT2D eigenvalue weighted by molar-refractivity contribution is 7.89. The molecular weight excluding hydrogens is 374 g/mol. The molecule has 148 valence electrons. The molecule has 28 heavy (non-hydrogen) atoms. The lowest BCUT2D eigenvalue weighted by Gasteiger charge is -2.23. The SMILES string of the molecule is C[C@@H](Nc1cccc(S(=O)(=O)N2CCCC2)c1)C(=O)N1CCc2ccccc21. The summed E-state index contributed by atoms with van der Waals surface area (Å²) in [5.74, 6) is -0.0160. The maximum atomic E-state index is 12.9. The van der Waals surface area contributed by atoms with E-state index in [-0.39, 0.29) is 10.8 Å². The number of para-hydroxylation sites is 1. The van der Waals surface area contributed by atoms with Crippen LogP contribution in [0.1, 0.15) is 25.3 Å². The predicted molar refractivity (Wildman–Crippen MR) is 110 cm³/mol. The quantitative estimate of drug-likeness (QED) is 0.839. The van der Waals surface area contributed by atoms with Crippen LogP contribution in [0.25, 0.3) is 0 Å². The number of carbonyl (C=O) groups is 1. The van der Waals surface area contributed by atoms with Crippen molar-refractivity contribution in [2.24, 2.45) is 0 Å². The van der Waals surface area contributed by atoms with Gasteiger partial charge < -0.3 is 10.2 Å². The molecule has 2 heterocycles. The van der Waals surface area contributed by atoms with E-state index in [4.69, 9.17) is 0 Å². The second-order valence-electron chi connectivity index (χ2n) is 7.37. The second-order valence-corrected chi connectivity index (χ2v) is 9.31. The highest BCUT2D eigenvalue weighted by Gasteiger charge is 2.29. The molecule has 2 aromatic carbocycles. The number of benzene rings is 2. The minimum Gasteiger partial charge on any atom is -0.374 e. The van der Waals surface area contributed by atoms with Gasteiger partial charge in [0, 0.05) is 31.0 Å². The number of hydrogen-bond donors (Lipinski definition) is 1. The third kappa shape index (κ3) is 3.52. The van der Waals surface area contributed by atoms with Crippen LogP contribution in [0.2, 0.25) is 0 Å². The molecule has 1 saturated heterocycles. The summed E-state index contributed by atoms with van der Waals surface area (Å²) in [7, 11) is -3.47. The van der Waals surface area contributed by atoms with Gasteiger partial charge in [0.15, 0.2) is 0 Å². The van der Waals surface area contributed by atoms with Gasteiger partial charge in [0.1, 0.15) is 6.04 Å². The van der Waals surface area contributed by atoms with E-state index in [9.17, 15) is 13.2 Å². The zero-order valence-corrected chi connectivity index (χ0v) is 16.8. The van der Waals surface area contributed by atoms with E-state index in [1.54, 1.807) is 29.2 Å². The van der Waals surface area contributed by atoms with Gasteiger partial charge in [-0.2, -0.15) is 4.31 Å². The standard InChI is InChI=1S/C21H25N3O3S/c1-16(21(25)24-14-11-17-7-2-3-10-20(17)24)22-18-8-6-9-19(15-18)28(26,27)23-12-4-5-13-23/h2-3,6-10,15-16,22H,4-5,11-14H2,1H3/t16-/m1/s1. The molecule has 0 radical (unpaired) electrons. The van der Waals surface area contributed by atoms with Crippen LogP contribution in [0.15, 0.2) is 53.4 Å². The summed E-state index contributed by atoms with van der Waals surface area (Å²) in [6.45, 7) is 3.63.